The smallest absolute Gasteiger partial charge is 0.462 e. The zero-order chi connectivity index (χ0) is 64.9. The molecular weight excluding hydrogens is 1160 g/mol. The molecule has 0 rings (SSSR count). The van der Waals surface area contributed by atoms with Gasteiger partial charge in [-0.25, -0.2) is 9.13 Å². The van der Waals surface area contributed by atoms with Gasteiger partial charge in [-0.2, -0.15) is 0 Å². The highest BCUT2D eigenvalue weighted by Gasteiger charge is 2.30. The molecule has 0 aliphatic rings. The minimum Gasteiger partial charge on any atom is -0.462 e. The predicted molar refractivity (Wildman–Crippen MR) is 354 cm³/mol. The van der Waals surface area contributed by atoms with Gasteiger partial charge in [0.05, 0.1) is 26.4 Å². The van der Waals surface area contributed by atoms with E-state index < -0.39 is 97.5 Å². The molecule has 0 aliphatic carbocycles. The summed E-state index contributed by atoms with van der Waals surface area (Å²) in [5.74, 6) is -1.38. The van der Waals surface area contributed by atoms with Crippen molar-refractivity contribution in [2.45, 2.75) is 374 Å². The molecule has 19 heteroatoms. The second-order valence-corrected chi connectivity index (χ2v) is 28.3. The highest BCUT2D eigenvalue weighted by atomic mass is 31.2. The van der Waals surface area contributed by atoms with E-state index in [1.807, 2.05) is 0 Å². The lowest BCUT2D eigenvalue weighted by Gasteiger charge is -2.21. The molecule has 0 bridgehead atoms. The van der Waals surface area contributed by atoms with Gasteiger partial charge in [-0.15, -0.1) is 0 Å². The summed E-state index contributed by atoms with van der Waals surface area (Å²) in [6.45, 7) is 7.18. The molecule has 5 atom stereocenters. The van der Waals surface area contributed by atoms with E-state index in [9.17, 15) is 43.2 Å². The molecule has 0 aromatic heterocycles. The molecule has 0 saturated heterocycles. The SMILES string of the molecule is CCCCCCCCCCCCCCCCCCCCCC(=O)O[C@H](COC(=O)CCCCCCCCCCCC(C)C)COP(=O)(O)OC[C@@H](O)COP(=O)(O)OC[C@@H](COC(=O)CCCCCCCCCC)OC(=O)CCCCCCCCCCC. The van der Waals surface area contributed by atoms with Gasteiger partial charge in [0, 0.05) is 25.7 Å². The van der Waals surface area contributed by atoms with Crippen LogP contribution in [0.3, 0.4) is 0 Å². The minimum atomic E-state index is -4.95. The number of unbranched alkanes of at least 4 members (excludes halogenated alkanes) is 41. The first-order valence-electron chi connectivity index (χ1n) is 36.1. The standard InChI is InChI=1S/C69H134O17P2/c1-6-9-12-15-18-21-22-23-24-25-26-27-28-29-30-34-40-45-50-55-69(74)86-65(59-80-67(72)53-48-43-38-35-31-33-36-41-46-51-62(4)5)61-84-88(77,78)82-57-63(70)56-81-87(75,76)83-60-64(58-79-66(71)52-47-42-37-20-17-14-11-8-3)85-68(73)54-49-44-39-32-19-16-13-10-7-2/h62-65,70H,6-61H2,1-5H3,(H,75,76)(H,77,78)/t63-,64+,65+/m0/s1. The van der Waals surface area contributed by atoms with Crippen molar-refractivity contribution in [3.8, 4) is 0 Å². The largest absolute Gasteiger partial charge is 0.472 e. The number of hydrogen-bond donors (Lipinski definition) is 3. The average molecular weight is 1300 g/mol. The molecule has 0 saturated carbocycles. The summed E-state index contributed by atoms with van der Waals surface area (Å²) in [6.07, 6.45) is 48.7. The Labute approximate surface area is 537 Å². The number of ether oxygens (including phenoxy) is 4. The lowest BCUT2D eigenvalue weighted by Crippen LogP contribution is -2.30. The molecule has 88 heavy (non-hydrogen) atoms. The van der Waals surface area contributed by atoms with E-state index in [0.29, 0.717) is 25.7 Å². The third kappa shape index (κ3) is 62.8. The summed E-state index contributed by atoms with van der Waals surface area (Å²) in [4.78, 5) is 72.3. The number of carbonyl (C=O) groups excluding carboxylic acids is 4. The average Bonchev–Trinajstić information content (AvgIpc) is 3.59. The molecule has 0 spiro atoms. The van der Waals surface area contributed by atoms with Crippen LogP contribution in [0, 0.1) is 5.92 Å². The third-order valence-electron chi connectivity index (χ3n) is 16.0. The fraction of sp³-hybridized carbons (Fsp3) is 0.942. The van der Waals surface area contributed by atoms with Gasteiger partial charge < -0.3 is 33.8 Å². The number of hydrogen-bond acceptors (Lipinski definition) is 15. The monoisotopic (exact) mass is 1300 g/mol. The number of aliphatic hydroxyl groups excluding tert-OH is 1. The van der Waals surface area contributed by atoms with Crippen LogP contribution in [-0.2, 0) is 65.4 Å². The Balaban J connectivity index is 5.17. The van der Waals surface area contributed by atoms with E-state index in [-0.39, 0.29) is 25.7 Å². The van der Waals surface area contributed by atoms with Crippen LogP contribution in [0.15, 0.2) is 0 Å². The maximum absolute atomic E-state index is 13.0. The summed E-state index contributed by atoms with van der Waals surface area (Å²) in [6, 6.07) is 0. The fourth-order valence-electron chi connectivity index (χ4n) is 10.5. The maximum atomic E-state index is 13.0. The van der Waals surface area contributed by atoms with Crippen LogP contribution in [-0.4, -0.2) is 96.7 Å². The molecule has 0 heterocycles. The molecule has 0 aromatic rings. The van der Waals surface area contributed by atoms with Crippen molar-refractivity contribution in [3.63, 3.8) is 0 Å². The van der Waals surface area contributed by atoms with Gasteiger partial charge in [0.15, 0.2) is 12.2 Å². The summed E-state index contributed by atoms with van der Waals surface area (Å²) >= 11 is 0. The van der Waals surface area contributed by atoms with Gasteiger partial charge >= 0.3 is 39.5 Å². The van der Waals surface area contributed by atoms with Crippen molar-refractivity contribution in [2.24, 2.45) is 5.92 Å². The van der Waals surface area contributed by atoms with Crippen LogP contribution in [0.25, 0.3) is 0 Å². The van der Waals surface area contributed by atoms with E-state index in [2.05, 4.69) is 34.6 Å². The molecule has 0 aliphatic heterocycles. The molecular formula is C69H134O17P2. The zero-order valence-electron chi connectivity index (χ0n) is 56.9. The van der Waals surface area contributed by atoms with Crippen molar-refractivity contribution in [1.82, 2.24) is 0 Å². The zero-order valence-corrected chi connectivity index (χ0v) is 58.6. The molecule has 522 valence electrons. The first-order chi connectivity index (χ1) is 42.5. The van der Waals surface area contributed by atoms with E-state index in [1.54, 1.807) is 0 Å². The topological polar surface area (TPSA) is 237 Å². The Morgan fingerprint density at radius 2 is 0.523 bits per heavy atom. The lowest BCUT2D eigenvalue weighted by atomic mass is 10.0. The number of rotatable bonds is 69. The maximum Gasteiger partial charge on any atom is 0.472 e. The Bertz CT molecular complexity index is 1700. The van der Waals surface area contributed by atoms with Crippen molar-refractivity contribution in [2.75, 3.05) is 39.6 Å². The second-order valence-electron chi connectivity index (χ2n) is 25.4. The van der Waals surface area contributed by atoms with Gasteiger partial charge in [-0.3, -0.25) is 37.3 Å². The van der Waals surface area contributed by atoms with Crippen LogP contribution in [0.5, 0.6) is 0 Å². The number of phosphoric acid groups is 2. The van der Waals surface area contributed by atoms with E-state index in [4.69, 9.17) is 37.0 Å². The first kappa shape index (κ1) is 86.1. The lowest BCUT2D eigenvalue weighted by molar-refractivity contribution is -0.161. The first-order valence-corrected chi connectivity index (χ1v) is 39.1. The van der Waals surface area contributed by atoms with Gasteiger partial charge in [-0.05, 0) is 31.6 Å². The molecule has 0 amide bonds. The number of carbonyl (C=O) groups is 4. The van der Waals surface area contributed by atoms with E-state index >= 15 is 0 Å². The normalized spacial score (nSPS) is 14.1. The quantitative estimate of drug-likeness (QED) is 0.0222. The van der Waals surface area contributed by atoms with Crippen molar-refractivity contribution >= 4 is 39.5 Å². The van der Waals surface area contributed by atoms with Crippen molar-refractivity contribution in [3.05, 3.63) is 0 Å². The number of phosphoric ester groups is 2. The summed E-state index contributed by atoms with van der Waals surface area (Å²) in [7, 11) is -9.89. The highest BCUT2D eigenvalue weighted by molar-refractivity contribution is 7.47. The summed E-state index contributed by atoms with van der Waals surface area (Å²) in [5.41, 5.74) is 0. The molecule has 2 unspecified atom stereocenters. The Hall–Kier alpha value is -1.94. The van der Waals surface area contributed by atoms with Gasteiger partial charge in [0.25, 0.3) is 0 Å². The molecule has 3 N–H and O–H groups in total. The second kappa shape index (κ2) is 62.5. The van der Waals surface area contributed by atoms with Crippen LogP contribution in [0.1, 0.15) is 356 Å². The van der Waals surface area contributed by atoms with Crippen LogP contribution in [0.4, 0.5) is 0 Å². The van der Waals surface area contributed by atoms with Crippen molar-refractivity contribution < 1.29 is 80.2 Å². The number of aliphatic hydroxyl groups is 1. The summed E-state index contributed by atoms with van der Waals surface area (Å²) < 4.78 is 68.1. The predicted octanol–water partition coefficient (Wildman–Crippen LogP) is 19.7. The van der Waals surface area contributed by atoms with Crippen LogP contribution >= 0.6 is 15.6 Å². The highest BCUT2D eigenvalue weighted by Crippen LogP contribution is 2.45. The minimum absolute atomic E-state index is 0.106. The third-order valence-corrected chi connectivity index (χ3v) is 17.9. The molecule has 17 nitrogen and oxygen atoms in total. The van der Waals surface area contributed by atoms with Crippen LogP contribution < -0.4 is 0 Å². The number of esters is 4. The fourth-order valence-corrected chi connectivity index (χ4v) is 12.0. The van der Waals surface area contributed by atoms with Gasteiger partial charge in [0.2, 0.25) is 0 Å². The Morgan fingerprint density at radius 3 is 0.773 bits per heavy atom. The van der Waals surface area contributed by atoms with E-state index in [1.165, 1.54) is 173 Å². The molecule has 0 aromatic carbocycles. The van der Waals surface area contributed by atoms with Gasteiger partial charge in [0.1, 0.15) is 19.3 Å². The Kier molecular flexibility index (Phi) is 61.1. The molecule has 0 fully saturated rings. The van der Waals surface area contributed by atoms with Crippen molar-refractivity contribution in [1.29, 1.82) is 0 Å². The Morgan fingerprint density at radius 1 is 0.307 bits per heavy atom. The van der Waals surface area contributed by atoms with E-state index in [0.717, 1.165) is 102 Å². The van der Waals surface area contributed by atoms with Crippen LogP contribution in [0.2, 0.25) is 0 Å². The van der Waals surface area contributed by atoms with Gasteiger partial charge in [-0.1, -0.05) is 304 Å². The molecule has 0 radical (unpaired) electrons. The summed E-state index contributed by atoms with van der Waals surface area (Å²) in [5, 5.41) is 10.6.